The van der Waals surface area contributed by atoms with Gasteiger partial charge in [0.05, 0.1) is 33.3 Å². The van der Waals surface area contributed by atoms with Gasteiger partial charge in [0.25, 0.3) is 0 Å². The van der Waals surface area contributed by atoms with Crippen LogP contribution < -0.4 is 4.74 Å². The molecular weight excluding hydrogens is 224 g/mol. The van der Waals surface area contributed by atoms with Gasteiger partial charge in [-0.1, -0.05) is 0 Å². The quantitative estimate of drug-likeness (QED) is 0.737. The van der Waals surface area contributed by atoms with Crippen molar-refractivity contribution in [3.8, 4) is 5.75 Å². The molecule has 5 heteroatoms. The molecule has 0 aliphatic carbocycles. The average Bonchev–Trinajstić information content (AvgIpc) is 2.37. The van der Waals surface area contributed by atoms with Crippen molar-refractivity contribution in [2.45, 2.75) is 6.42 Å². The maximum atomic E-state index is 11.5. The van der Waals surface area contributed by atoms with E-state index in [0.29, 0.717) is 16.9 Å². The Morgan fingerprint density at radius 2 is 1.82 bits per heavy atom. The number of methoxy groups -OCH3 is 3. The third kappa shape index (κ3) is 3.21. The molecule has 0 fully saturated rings. The molecule has 0 spiro atoms. The van der Waals surface area contributed by atoms with Gasteiger partial charge in [-0.05, 0) is 23.8 Å². The number of hydrogen-bond donors (Lipinski definition) is 0. The van der Waals surface area contributed by atoms with Crippen molar-refractivity contribution >= 4 is 11.9 Å². The number of ether oxygens (including phenoxy) is 3. The second kappa shape index (κ2) is 5.89. The Morgan fingerprint density at radius 3 is 2.35 bits per heavy atom. The molecule has 0 saturated carbocycles. The Labute approximate surface area is 99.3 Å². The topological polar surface area (TPSA) is 61.8 Å². The second-order valence-electron chi connectivity index (χ2n) is 3.27. The normalized spacial score (nSPS) is 9.59. The highest BCUT2D eigenvalue weighted by Crippen LogP contribution is 2.19. The first-order valence-corrected chi connectivity index (χ1v) is 4.94. The fourth-order valence-corrected chi connectivity index (χ4v) is 1.38. The zero-order chi connectivity index (χ0) is 12.8. The monoisotopic (exact) mass is 238 g/mol. The van der Waals surface area contributed by atoms with Gasteiger partial charge >= 0.3 is 11.9 Å². The predicted molar refractivity (Wildman–Crippen MR) is 60.1 cm³/mol. The molecular formula is C12H14O5. The summed E-state index contributed by atoms with van der Waals surface area (Å²) in [6.07, 6.45) is -0.00185. The lowest BCUT2D eigenvalue weighted by molar-refractivity contribution is -0.139. The Hall–Kier alpha value is -2.04. The van der Waals surface area contributed by atoms with E-state index in [4.69, 9.17) is 4.74 Å². The Kier molecular flexibility index (Phi) is 4.51. The van der Waals surface area contributed by atoms with E-state index in [1.54, 1.807) is 18.2 Å². The summed E-state index contributed by atoms with van der Waals surface area (Å²) in [5.41, 5.74) is 0.849. The average molecular weight is 238 g/mol. The standard InChI is InChI=1S/C12H14O5/c1-15-9-4-5-10(12(14)17-3)8(6-9)7-11(13)16-2/h4-6H,7H2,1-3H3. The van der Waals surface area contributed by atoms with E-state index in [1.165, 1.54) is 21.3 Å². The van der Waals surface area contributed by atoms with Crippen LogP contribution in [0, 0.1) is 0 Å². The number of rotatable bonds is 4. The lowest BCUT2D eigenvalue weighted by Crippen LogP contribution is -2.11. The summed E-state index contributed by atoms with van der Waals surface area (Å²) in [6.45, 7) is 0. The molecule has 0 aliphatic heterocycles. The van der Waals surface area contributed by atoms with Gasteiger partial charge in [-0.25, -0.2) is 4.79 Å². The maximum absolute atomic E-state index is 11.5. The van der Waals surface area contributed by atoms with Crippen molar-refractivity contribution in [2.24, 2.45) is 0 Å². The number of hydrogen-bond acceptors (Lipinski definition) is 5. The van der Waals surface area contributed by atoms with Crippen LogP contribution in [-0.2, 0) is 20.7 Å². The molecule has 0 aromatic heterocycles. The number of carbonyl (C=O) groups is 2. The highest BCUT2D eigenvalue weighted by Gasteiger charge is 2.15. The van der Waals surface area contributed by atoms with Crippen molar-refractivity contribution in [1.29, 1.82) is 0 Å². The molecule has 0 unspecified atom stereocenters. The Morgan fingerprint density at radius 1 is 1.12 bits per heavy atom. The van der Waals surface area contributed by atoms with Crippen LogP contribution in [-0.4, -0.2) is 33.3 Å². The minimum absolute atomic E-state index is 0.00185. The summed E-state index contributed by atoms with van der Waals surface area (Å²) >= 11 is 0. The number of benzene rings is 1. The third-order valence-corrected chi connectivity index (χ3v) is 2.28. The molecule has 0 saturated heterocycles. The second-order valence-corrected chi connectivity index (χ2v) is 3.27. The first-order valence-electron chi connectivity index (χ1n) is 4.94. The van der Waals surface area contributed by atoms with E-state index in [9.17, 15) is 9.59 Å². The van der Waals surface area contributed by atoms with Crippen LogP contribution in [0.3, 0.4) is 0 Å². The summed E-state index contributed by atoms with van der Waals surface area (Å²) in [4.78, 5) is 22.7. The lowest BCUT2D eigenvalue weighted by Gasteiger charge is -2.09. The number of carbonyl (C=O) groups excluding carboxylic acids is 2. The lowest BCUT2D eigenvalue weighted by atomic mass is 10.0. The van der Waals surface area contributed by atoms with Gasteiger partial charge in [0, 0.05) is 0 Å². The van der Waals surface area contributed by atoms with Gasteiger partial charge in [-0.15, -0.1) is 0 Å². The molecule has 1 aromatic carbocycles. The van der Waals surface area contributed by atoms with E-state index >= 15 is 0 Å². The Bertz CT molecular complexity index is 425. The molecule has 0 heterocycles. The van der Waals surface area contributed by atoms with Crippen LogP contribution in [0.1, 0.15) is 15.9 Å². The van der Waals surface area contributed by atoms with Crippen molar-refractivity contribution in [1.82, 2.24) is 0 Å². The summed E-state index contributed by atoms with van der Waals surface area (Å²) in [5, 5.41) is 0. The molecule has 0 atom stereocenters. The summed E-state index contributed by atoms with van der Waals surface area (Å²) in [7, 11) is 4.09. The molecule has 0 N–H and O–H groups in total. The fourth-order valence-electron chi connectivity index (χ4n) is 1.38. The van der Waals surface area contributed by atoms with Crippen molar-refractivity contribution in [2.75, 3.05) is 21.3 Å². The predicted octanol–water partition coefficient (Wildman–Crippen LogP) is 1.20. The molecule has 1 rings (SSSR count). The van der Waals surface area contributed by atoms with Gasteiger partial charge in [0.1, 0.15) is 5.75 Å². The van der Waals surface area contributed by atoms with E-state index < -0.39 is 11.9 Å². The van der Waals surface area contributed by atoms with E-state index in [0.717, 1.165) is 0 Å². The van der Waals surface area contributed by atoms with Crippen LogP contribution in [0.4, 0.5) is 0 Å². The molecule has 0 bridgehead atoms. The summed E-state index contributed by atoms with van der Waals surface area (Å²) < 4.78 is 14.2. The smallest absolute Gasteiger partial charge is 0.338 e. The maximum Gasteiger partial charge on any atom is 0.338 e. The molecule has 17 heavy (non-hydrogen) atoms. The zero-order valence-corrected chi connectivity index (χ0v) is 9.98. The van der Waals surface area contributed by atoms with Crippen molar-refractivity contribution in [3.05, 3.63) is 29.3 Å². The minimum Gasteiger partial charge on any atom is -0.497 e. The molecule has 92 valence electrons. The molecule has 0 amide bonds. The van der Waals surface area contributed by atoms with Gasteiger partial charge in [-0.2, -0.15) is 0 Å². The van der Waals surface area contributed by atoms with Crippen LogP contribution in [0.25, 0.3) is 0 Å². The van der Waals surface area contributed by atoms with Gasteiger partial charge in [0.15, 0.2) is 0 Å². The molecule has 0 radical (unpaired) electrons. The summed E-state index contributed by atoms with van der Waals surface area (Å²) in [6, 6.07) is 4.80. The van der Waals surface area contributed by atoms with E-state index in [1.807, 2.05) is 0 Å². The van der Waals surface area contributed by atoms with Crippen LogP contribution in [0.5, 0.6) is 5.75 Å². The fraction of sp³-hybridized carbons (Fsp3) is 0.333. The van der Waals surface area contributed by atoms with Crippen molar-refractivity contribution in [3.63, 3.8) is 0 Å². The third-order valence-electron chi connectivity index (χ3n) is 2.28. The largest absolute Gasteiger partial charge is 0.497 e. The van der Waals surface area contributed by atoms with Gasteiger partial charge in [0.2, 0.25) is 0 Å². The van der Waals surface area contributed by atoms with Gasteiger partial charge in [-0.3, -0.25) is 4.79 Å². The van der Waals surface area contributed by atoms with E-state index in [-0.39, 0.29) is 6.42 Å². The minimum atomic E-state index is -0.494. The molecule has 0 aliphatic rings. The SMILES string of the molecule is COC(=O)Cc1cc(OC)ccc1C(=O)OC. The zero-order valence-electron chi connectivity index (χ0n) is 9.98. The molecule has 1 aromatic rings. The Balaban J connectivity index is 3.11. The molecule has 5 nitrogen and oxygen atoms in total. The van der Waals surface area contributed by atoms with Gasteiger partial charge < -0.3 is 14.2 Å². The van der Waals surface area contributed by atoms with Crippen LogP contribution >= 0.6 is 0 Å². The first-order chi connectivity index (χ1) is 8.12. The highest BCUT2D eigenvalue weighted by molar-refractivity contribution is 5.92. The number of esters is 2. The first kappa shape index (κ1) is 13.0. The summed E-state index contributed by atoms with van der Waals surface area (Å²) in [5.74, 6) is -0.355. The highest BCUT2D eigenvalue weighted by atomic mass is 16.5. The van der Waals surface area contributed by atoms with Crippen LogP contribution in [0.15, 0.2) is 18.2 Å². The van der Waals surface area contributed by atoms with E-state index in [2.05, 4.69) is 9.47 Å². The van der Waals surface area contributed by atoms with Crippen molar-refractivity contribution < 1.29 is 23.8 Å². The van der Waals surface area contributed by atoms with Crippen LogP contribution in [0.2, 0.25) is 0 Å².